The fourth-order valence-electron chi connectivity index (χ4n) is 1.68. The van der Waals surface area contributed by atoms with Crippen LogP contribution in [0.2, 0.25) is 5.02 Å². The number of benzene rings is 1. The summed E-state index contributed by atoms with van der Waals surface area (Å²) in [5.74, 6) is 0.577. The minimum absolute atomic E-state index is 0.311. The first-order valence-corrected chi connectivity index (χ1v) is 7.54. The van der Waals surface area contributed by atoms with Crippen LogP contribution in [0.25, 0.3) is 0 Å². The highest BCUT2D eigenvalue weighted by atomic mass is 79.9. The highest BCUT2D eigenvalue weighted by Gasteiger charge is 2.10. The summed E-state index contributed by atoms with van der Waals surface area (Å²) < 4.78 is 5.59. The zero-order valence-electron chi connectivity index (χ0n) is 10.5. The topological polar surface area (TPSA) is 9.23 Å². The highest BCUT2D eigenvalue weighted by molar-refractivity contribution is 9.09. The molecule has 0 bridgehead atoms. The van der Waals surface area contributed by atoms with Crippen LogP contribution in [0.3, 0.4) is 0 Å². The van der Waals surface area contributed by atoms with Crippen molar-refractivity contribution < 1.29 is 4.74 Å². The monoisotopic (exact) mass is 318 g/mol. The number of halogens is 2. The summed E-state index contributed by atoms with van der Waals surface area (Å²) in [7, 11) is 0. The third-order valence-corrected chi connectivity index (χ3v) is 3.95. The van der Waals surface area contributed by atoms with E-state index in [9.17, 15) is 0 Å². The molecular formula is C14H20BrClO. The molecule has 0 aliphatic carbocycles. The van der Waals surface area contributed by atoms with Gasteiger partial charge in [0.25, 0.3) is 0 Å². The highest BCUT2D eigenvalue weighted by Crippen LogP contribution is 2.21. The zero-order chi connectivity index (χ0) is 12.7. The van der Waals surface area contributed by atoms with Crippen molar-refractivity contribution in [1.29, 1.82) is 0 Å². The van der Waals surface area contributed by atoms with E-state index in [1.807, 2.05) is 18.2 Å². The van der Waals surface area contributed by atoms with Crippen LogP contribution in [0.5, 0.6) is 0 Å². The van der Waals surface area contributed by atoms with E-state index >= 15 is 0 Å². The van der Waals surface area contributed by atoms with Crippen molar-refractivity contribution in [2.24, 2.45) is 5.92 Å². The SMILES string of the molecule is CC(C)OCCC(CBr)Cc1ccccc1Cl. The minimum Gasteiger partial charge on any atom is -0.379 e. The van der Waals surface area contributed by atoms with Gasteiger partial charge < -0.3 is 4.74 Å². The van der Waals surface area contributed by atoms with Gasteiger partial charge in [-0.05, 0) is 44.2 Å². The first-order chi connectivity index (χ1) is 8.13. The molecule has 1 aromatic carbocycles. The van der Waals surface area contributed by atoms with E-state index in [0.717, 1.165) is 29.8 Å². The molecule has 0 spiro atoms. The van der Waals surface area contributed by atoms with Gasteiger partial charge in [-0.15, -0.1) is 0 Å². The van der Waals surface area contributed by atoms with Gasteiger partial charge in [0.2, 0.25) is 0 Å². The number of alkyl halides is 1. The van der Waals surface area contributed by atoms with Gasteiger partial charge in [0.1, 0.15) is 0 Å². The van der Waals surface area contributed by atoms with Crippen molar-refractivity contribution in [2.75, 3.05) is 11.9 Å². The Balaban J connectivity index is 2.44. The predicted octanol–water partition coefficient (Wildman–Crippen LogP) is 4.71. The third kappa shape index (κ3) is 5.89. The maximum Gasteiger partial charge on any atom is 0.0518 e. The second-order valence-corrected chi connectivity index (χ2v) is 5.58. The number of hydrogen-bond donors (Lipinski definition) is 0. The van der Waals surface area contributed by atoms with Gasteiger partial charge >= 0.3 is 0 Å². The quantitative estimate of drug-likeness (QED) is 0.661. The predicted molar refractivity (Wildman–Crippen MR) is 78.1 cm³/mol. The summed E-state index contributed by atoms with van der Waals surface area (Å²) in [5.41, 5.74) is 1.23. The van der Waals surface area contributed by atoms with Crippen molar-refractivity contribution in [3.8, 4) is 0 Å². The normalized spacial score (nSPS) is 13.0. The van der Waals surface area contributed by atoms with Crippen molar-refractivity contribution in [3.63, 3.8) is 0 Å². The molecule has 0 fully saturated rings. The Morgan fingerprint density at radius 2 is 2.00 bits per heavy atom. The molecule has 1 rings (SSSR count). The molecule has 96 valence electrons. The van der Waals surface area contributed by atoms with E-state index in [0.29, 0.717) is 12.0 Å². The first-order valence-electron chi connectivity index (χ1n) is 6.04. The van der Waals surface area contributed by atoms with Crippen LogP contribution in [-0.4, -0.2) is 18.0 Å². The summed E-state index contributed by atoms with van der Waals surface area (Å²) in [5, 5.41) is 1.85. The van der Waals surface area contributed by atoms with E-state index in [4.69, 9.17) is 16.3 Å². The average Bonchev–Trinajstić information content (AvgIpc) is 2.30. The summed E-state index contributed by atoms with van der Waals surface area (Å²) >= 11 is 9.73. The number of hydrogen-bond acceptors (Lipinski definition) is 1. The second kappa shape index (κ2) is 8.12. The van der Waals surface area contributed by atoms with E-state index in [1.54, 1.807) is 0 Å². The Morgan fingerprint density at radius 1 is 1.29 bits per heavy atom. The van der Waals surface area contributed by atoms with Crippen molar-refractivity contribution in [2.45, 2.75) is 32.8 Å². The van der Waals surface area contributed by atoms with Crippen molar-refractivity contribution >= 4 is 27.5 Å². The van der Waals surface area contributed by atoms with Gasteiger partial charge in [-0.25, -0.2) is 0 Å². The van der Waals surface area contributed by atoms with Crippen molar-refractivity contribution in [3.05, 3.63) is 34.9 Å². The van der Waals surface area contributed by atoms with E-state index in [1.165, 1.54) is 5.56 Å². The average molecular weight is 320 g/mol. The van der Waals surface area contributed by atoms with Gasteiger partial charge in [0.05, 0.1) is 6.10 Å². The molecule has 1 atom stereocenters. The standard InChI is InChI=1S/C14H20BrClO/c1-11(2)17-8-7-12(10-15)9-13-5-3-4-6-14(13)16/h3-6,11-12H,7-10H2,1-2H3. The van der Waals surface area contributed by atoms with Crippen molar-refractivity contribution in [1.82, 2.24) is 0 Å². The fourth-order valence-corrected chi connectivity index (χ4v) is 2.44. The lowest BCUT2D eigenvalue weighted by Crippen LogP contribution is -2.12. The van der Waals surface area contributed by atoms with E-state index in [2.05, 4.69) is 35.8 Å². The molecular weight excluding hydrogens is 300 g/mol. The van der Waals surface area contributed by atoms with Crippen LogP contribution < -0.4 is 0 Å². The first kappa shape index (κ1) is 15.0. The molecule has 1 unspecified atom stereocenters. The molecule has 1 nitrogen and oxygen atoms in total. The molecule has 0 saturated carbocycles. The van der Waals surface area contributed by atoms with Crippen LogP contribution in [0.4, 0.5) is 0 Å². The molecule has 17 heavy (non-hydrogen) atoms. The van der Waals surface area contributed by atoms with Gasteiger partial charge in [-0.2, -0.15) is 0 Å². The van der Waals surface area contributed by atoms with Gasteiger partial charge in [-0.1, -0.05) is 45.7 Å². The Kier molecular flexibility index (Phi) is 7.17. The fraction of sp³-hybridized carbons (Fsp3) is 0.571. The molecule has 0 aromatic heterocycles. The summed E-state index contributed by atoms with van der Waals surface area (Å²) in [6.45, 7) is 4.95. The number of rotatable bonds is 7. The maximum atomic E-state index is 6.16. The summed E-state index contributed by atoms with van der Waals surface area (Å²) in [4.78, 5) is 0. The zero-order valence-corrected chi connectivity index (χ0v) is 12.8. The largest absolute Gasteiger partial charge is 0.379 e. The second-order valence-electron chi connectivity index (χ2n) is 4.52. The van der Waals surface area contributed by atoms with Crippen LogP contribution in [0.15, 0.2) is 24.3 Å². The molecule has 3 heteroatoms. The molecule has 1 aromatic rings. The minimum atomic E-state index is 0.311. The van der Waals surface area contributed by atoms with Gasteiger partial charge in [0.15, 0.2) is 0 Å². The lowest BCUT2D eigenvalue weighted by molar-refractivity contribution is 0.0701. The lowest BCUT2D eigenvalue weighted by atomic mass is 9.98. The van der Waals surface area contributed by atoms with E-state index in [-0.39, 0.29) is 0 Å². The molecule has 0 N–H and O–H groups in total. The maximum absolute atomic E-state index is 6.16. The molecule has 0 aliphatic rings. The third-order valence-electron chi connectivity index (χ3n) is 2.66. The van der Waals surface area contributed by atoms with Crippen LogP contribution in [0.1, 0.15) is 25.8 Å². The Morgan fingerprint density at radius 3 is 2.59 bits per heavy atom. The van der Waals surface area contributed by atoms with Crippen LogP contribution >= 0.6 is 27.5 Å². The molecule has 0 radical (unpaired) electrons. The molecule has 0 amide bonds. The van der Waals surface area contributed by atoms with Crippen LogP contribution in [0, 0.1) is 5.92 Å². The van der Waals surface area contributed by atoms with Crippen LogP contribution in [-0.2, 0) is 11.2 Å². The van der Waals surface area contributed by atoms with Gasteiger partial charge in [-0.3, -0.25) is 0 Å². The Hall–Kier alpha value is -0.0500. The Labute approximate surface area is 118 Å². The summed E-state index contributed by atoms with van der Waals surface area (Å²) in [6.07, 6.45) is 2.38. The van der Waals surface area contributed by atoms with Gasteiger partial charge in [0, 0.05) is 17.0 Å². The number of ether oxygens (including phenoxy) is 1. The summed E-state index contributed by atoms with van der Waals surface area (Å²) in [6, 6.07) is 8.06. The van der Waals surface area contributed by atoms with E-state index < -0.39 is 0 Å². The molecule has 0 aliphatic heterocycles. The smallest absolute Gasteiger partial charge is 0.0518 e. The lowest BCUT2D eigenvalue weighted by Gasteiger charge is -2.16. The Bertz CT molecular complexity index is 328. The molecule has 0 heterocycles. The molecule has 0 saturated heterocycles.